The molecule has 4 aromatic rings. The molecule has 0 bridgehead atoms. The van der Waals surface area contributed by atoms with Gasteiger partial charge in [-0.3, -0.25) is 14.8 Å². The molecule has 10 nitrogen and oxygen atoms in total. The van der Waals surface area contributed by atoms with Crippen molar-refractivity contribution >= 4 is 28.9 Å². The van der Waals surface area contributed by atoms with Gasteiger partial charge in [0.15, 0.2) is 0 Å². The molecule has 4 rings (SSSR count). The third-order valence-corrected chi connectivity index (χ3v) is 5.32. The minimum Gasteiger partial charge on any atom is -0.441 e. The van der Waals surface area contributed by atoms with Crippen molar-refractivity contribution in [2.45, 2.75) is 33.0 Å². The predicted octanol–water partition coefficient (Wildman–Crippen LogP) is 3.68. The number of ether oxygens (including phenoxy) is 1. The molecule has 1 atom stereocenters. The van der Waals surface area contributed by atoms with Crippen LogP contribution in [-0.2, 0) is 16.1 Å². The Bertz CT molecular complexity index is 1350. The second-order valence-corrected chi connectivity index (χ2v) is 7.64. The third kappa shape index (κ3) is 4.57. The zero-order chi connectivity index (χ0) is 24.2. The number of hydrogen-bond donors (Lipinski definition) is 4. The molecule has 0 fully saturated rings. The molecule has 2 amide bonds. The lowest BCUT2D eigenvalue weighted by atomic mass is 10.0. The van der Waals surface area contributed by atoms with Crippen molar-refractivity contribution in [3.05, 3.63) is 60.2 Å². The van der Waals surface area contributed by atoms with Gasteiger partial charge >= 0.3 is 6.09 Å². The number of fused-ring (bicyclic) bond motifs is 1. The summed E-state index contributed by atoms with van der Waals surface area (Å²) in [6, 6.07) is 8.94. The Kier molecular flexibility index (Phi) is 6.51. The van der Waals surface area contributed by atoms with Crippen LogP contribution in [0.15, 0.2) is 48.9 Å². The number of nitrogens with zero attached hydrogens (tertiary/aromatic N) is 3. The van der Waals surface area contributed by atoms with E-state index in [0.29, 0.717) is 29.0 Å². The van der Waals surface area contributed by atoms with Crippen molar-refractivity contribution in [1.29, 1.82) is 0 Å². The number of amides is 2. The summed E-state index contributed by atoms with van der Waals surface area (Å²) < 4.78 is 5.34. The van der Waals surface area contributed by atoms with Crippen LogP contribution < -0.4 is 11.1 Å². The van der Waals surface area contributed by atoms with Gasteiger partial charge in [-0.2, -0.15) is 0 Å². The average Bonchev–Trinajstić information content (AvgIpc) is 3.22. The van der Waals surface area contributed by atoms with Crippen LogP contribution in [-0.4, -0.2) is 37.0 Å². The highest BCUT2D eigenvalue weighted by Gasteiger charge is 2.23. The van der Waals surface area contributed by atoms with Gasteiger partial charge in [0, 0.05) is 47.8 Å². The van der Waals surface area contributed by atoms with Crippen LogP contribution >= 0.6 is 0 Å². The van der Waals surface area contributed by atoms with Crippen LogP contribution in [0.1, 0.15) is 37.6 Å². The van der Waals surface area contributed by atoms with Gasteiger partial charge in [-0.25, -0.2) is 9.78 Å². The number of carbonyl (C=O) groups excluding carboxylic acids is 2. The summed E-state index contributed by atoms with van der Waals surface area (Å²) in [4.78, 5) is 39.6. The SMILES string of the molecule is CCC(OC(N)=O)c1ccnc2c(-c3ccc(CO)nc3)c(-c3ccnc(NC(C)=O)c3)[nH]c12. The molecule has 0 aromatic carbocycles. The number of aliphatic hydroxyl groups excluding tert-OH is 1. The second-order valence-electron chi connectivity index (χ2n) is 7.64. The zero-order valence-corrected chi connectivity index (χ0v) is 18.7. The van der Waals surface area contributed by atoms with Gasteiger partial charge in [0.1, 0.15) is 11.9 Å². The monoisotopic (exact) mass is 460 g/mol. The quantitative estimate of drug-likeness (QED) is 0.328. The Morgan fingerprint density at radius 3 is 2.59 bits per heavy atom. The van der Waals surface area contributed by atoms with Crippen molar-refractivity contribution < 1.29 is 19.4 Å². The lowest BCUT2D eigenvalue weighted by Gasteiger charge is -2.15. The van der Waals surface area contributed by atoms with E-state index in [0.717, 1.165) is 27.9 Å². The molecule has 5 N–H and O–H groups in total. The lowest BCUT2D eigenvalue weighted by molar-refractivity contribution is -0.114. The Morgan fingerprint density at radius 1 is 1.15 bits per heavy atom. The number of carbonyl (C=O) groups is 2. The van der Waals surface area contributed by atoms with Crippen molar-refractivity contribution in [3.63, 3.8) is 0 Å². The fraction of sp³-hybridized carbons (Fsp3) is 0.208. The first-order valence-corrected chi connectivity index (χ1v) is 10.7. The molecule has 34 heavy (non-hydrogen) atoms. The number of aliphatic hydroxyl groups is 1. The van der Waals surface area contributed by atoms with Gasteiger partial charge in [-0.1, -0.05) is 13.0 Å². The fourth-order valence-electron chi connectivity index (χ4n) is 3.88. The number of aromatic amines is 1. The van der Waals surface area contributed by atoms with E-state index in [-0.39, 0.29) is 12.5 Å². The van der Waals surface area contributed by atoms with E-state index in [1.54, 1.807) is 36.8 Å². The van der Waals surface area contributed by atoms with E-state index in [1.165, 1.54) is 6.92 Å². The van der Waals surface area contributed by atoms with Gasteiger partial charge in [0.25, 0.3) is 0 Å². The number of nitrogens with one attached hydrogen (secondary N) is 2. The van der Waals surface area contributed by atoms with Crippen LogP contribution in [0.2, 0.25) is 0 Å². The first-order valence-electron chi connectivity index (χ1n) is 10.7. The van der Waals surface area contributed by atoms with Crippen molar-refractivity contribution in [3.8, 4) is 22.4 Å². The third-order valence-electron chi connectivity index (χ3n) is 5.32. The molecule has 0 aliphatic heterocycles. The molecule has 0 aliphatic rings. The number of aromatic nitrogens is 4. The Balaban J connectivity index is 1.97. The average molecular weight is 460 g/mol. The largest absolute Gasteiger partial charge is 0.441 e. The predicted molar refractivity (Wildman–Crippen MR) is 126 cm³/mol. The molecule has 0 radical (unpaired) electrons. The molecule has 4 aromatic heterocycles. The molecule has 10 heteroatoms. The number of anilines is 1. The number of H-pyrrole nitrogens is 1. The van der Waals surface area contributed by atoms with Crippen LogP contribution in [0.3, 0.4) is 0 Å². The molecule has 0 aliphatic carbocycles. The van der Waals surface area contributed by atoms with Crippen LogP contribution in [0.4, 0.5) is 10.6 Å². The molecule has 1 unspecified atom stereocenters. The van der Waals surface area contributed by atoms with Gasteiger partial charge in [-0.05, 0) is 30.7 Å². The number of nitrogens with two attached hydrogens (primary N) is 1. The van der Waals surface area contributed by atoms with Crippen LogP contribution in [0, 0.1) is 0 Å². The summed E-state index contributed by atoms with van der Waals surface area (Å²) in [7, 11) is 0. The highest BCUT2D eigenvalue weighted by molar-refractivity contribution is 6.03. The molecule has 0 spiro atoms. The number of rotatable bonds is 7. The van der Waals surface area contributed by atoms with E-state index in [4.69, 9.17) is 10.5 Å². The first kappa shape index (κ1) is 22.9. The maximum Gasteiger partial charge on any atom is 0.405 e. The summed E-state index contributed by atoms with van der Waals surface area (Å²) in [5.74, 6) is 0.170. The van der Waals surface area contributed by atoms with Crippen molar-refractivity contribution in [1.82, 2.24) is 19.9 Å². The van der Waals surface area contributed by atoms with Crippen LogP contribution in [0.5, 0.6) is 0 Å². The molecular weight excluding hydrogens is 436 g/mol. The van der Waals surface area contributed by atoms with Gasteiger partial charge in [-0.15, -0.1) is 0 Å². The summed E-state index contributed by atoms with van der Waals surface area (Å²) >= 11 is 0. The normalized spacial score (nSPS) is 11.9. The van der Waals surface area contributed by atoms with E-state index in [2.05, 4.69) is 25.3 Å². The van der Waals surface area contributed by atoms with Crippen molar-refractivity contribution in [2.24, 2.45) is 5.73 Å². The van der Waals surface area contributed by atoms with E-state index in [1.807, 2.05) is 19.1 Å². The highest BCUT2D eigenvalue weighted by atomic mass is 16.6. The Labute approximate surface area is 195 Å². The minimum absolute atomic E-state index is 0.170. The van der Waals surface area contributed by atoms with Gasteiger partial charge in [0.2, 0.25) is 5.91 Å². The number of hydrogen-bond acceptors (Lipinski definition) is 7. The zero-order valence-electron chi connectivity index (χ0n) is 18.7. The standard InChI is InChI=1S/C24H24N6O4/c1-3-18(34-24(25)33)17-7-9-27-23-20(15-4-5-16(12-31)28-11-15)21(30-22(17)23)14-6-8-26-19(10-14)29-13(2)32/h4-11,18,30-31H,3,12H2,1-2H3,(H2,25,33)(H,26,29,32). The Morgan fingerprint density at radius 2 is 1.94 bits per heavy atom. The van der Waals surface area contributed by atoms with Gasteiger partial charge < -0.3 is 25.9 Å². The number of pyridine rings is 3. The maximum absolute atomic E-state index is 11.5. The van der Waals surface area contributed by atoms with E-state index < -0.39 is 12.2 Å². The topological polar surface area (TPSA) is 156 Å². The molecule has 0 saturated heterocycles. The molecule has 174 valence electrons. The molecule has 0 saturated carbocycles. The van der Waals surface area contributed by atoms with Gasteiger partial charge in [0.05, 0.1) is 29.0 Å². The summed E-state index contributed by atoms with van der Waals surface area (Å²) in [6.45, 7) is 3.14. The fourth-order valence-corrected chi connectivity index (χ4v) is 3.88. The molecule has 4 heterocycles. The van der Waals surface area contributed by atoms with E-state index >= 15 is 0 Å². The first-order chi connectivity index (χ1) is 16.4. The summed E-state index contributed by atoms with van der Waals surface area (Å²) in [5, 5.41) is 12.1. The van der Waals surface area contributed by atoms with Crippen LogP contribution in [0.25, 0.3) is 33.4 Å². The highest BCUT2D eigenvalue weighted by Crippen LogP contribution is 2.40. The maximum atomic E-state index is 11.5. The van der Waals surface area contributed by atoms with E-state index in [9.17, 15) is 14.7 Å². The number of primary amides is 1. The summed E-state index contributed by atoms with van der Waals surface area (Å²) in [6.07, 6.45) is 4.00. The minimum atomic E-state index is -0.860. The smallest absolute Gasteiger partial charge is 0.405 e. The summed E-state index contributed by atoms with van der Waals surface area (Å²) in [5.41, 5.74) is 10.9. The Hall–Kier alpha value is -4.31. The van der Waals surface area contributed by atoms with Crippen molar-refractivity contribution in [2.75, 3.05) is 5.32 Å². The second kappa shape index (κ2) is 9.67. The molecular formula is C24H24N6O4. The lowest BCUT2D eigenvalue weighted by Crippen LogP contribution is -2.17.